The van der Waals surface area contributed by atoms with Crippen molar-refractivity contribution >= 4 is 11.8 Å². The van der Waals surface area contributed by atoms with Crippen LogP contribution in [0.4, 0.5) is 13.2 Å². The molecule has 32 heavy (non-hydrogen) atoms. The predicted octanol–water partition coefficient (Wildman–Crippen LogP) is 5.16. The standard InChI is InChI=1S/C23H26F3N3O2S/c24-23(25,26)19-7-8-21(27-15-19)32-14-4-9-28-10-12-29(13-11-28)22-17-30-20(16-31-22)18-5-2-1-3-6-18/h1-2,5,7-8,15-17H,3-4,6,9-14H2. The highest BCUT2D eigenvalue weighted by atomic mass is 32.2. The molecule has 4 rings (SSSR count). The van der Waals surface area contributed by atoms with E-state index >= 15 is 0 Å². The summed E-state index contributed by atoms with van der Waals surface area (Å²) in [4.78, 5) is 8.48. The number of hydrogen-bond acceptors (Lipinski definition) is 6. The molecule has 1 saturated heterocycles. The van der Waals surface area contributed by atoms with Crippen LogP contribution in [0, 0.1) is 0 Å². The third kappa shape index (κ3) is 6.10. The predicted molar refractivity (Wildman–Crippen MR) is 117 cm³/mol. The molecule has 5 nitrogen and oxygen atoms in total. The summed E-state index contributed by atoms with van der Waals surface area (Å²) in [5.74, 6) is 2.33. The number of allylic oxidation sites excluding steroid dienone is 4. The Morgan fingerprint density at radius 3 is 2.53 bits per heavy atom. The Bertz CT molecular complexity index is 902. The summed E-state index contributed by atoms with van der Waals surface area (Å²) in [7, 11) is 0. The highest BCUT2D eigenvalue weighted by Crippen LogP contribution is 2.30. The zero-order valence-corrected chi connectivity index (χ0v) is 18.5. The molecule has 1 aliphatic carbocycles. The largest absolute Gasteiger partial charge is 0.456 e. The maximum atomic E-state index is 12.6. The number of thioether (sulfide) groups is 1. The second kappa shape index (κ2) is 10.5. The monoisotopic (exact) mass is 465 g/mol. The van der Waals surface area contributed by atoms with Crippen LogP contribution in [-0.2, 0) is 15.7 Å². The van der Waals surface area contributed by atoms with Crippen LogP contribution >= 0.6 is 11.8 Å². The zero-order valence-electron chi connectivity index (χ0n) is 17.7. The molecule has 3 heterocycles. The van der Waals surface area contributed by atoms with Crippen LogP contribution in [0.25, 0.3) is 0 Å². The zero-order chi connectivity index (χ0) is 22.4. The number of halogens is 3. The van der Waals surface area contributed by atoms with E-state index in [0.717, 1.165) is 87.2 Å². The second-order valence-electron chi connectivity index (χ2n) is 7.75. The fourth-order valence-corrected chi connectivity index (χ4v) is 4.46. The number of piperazine rings is 1. The van der Waals surface area contributed by atoms with Crippen molar-refractivity contribution in [2.75, 3.05) is 38.5 Å². The molecule has 0 amide bonds. The number of rotatable bonds is 7. The van der Waals surface area contributed by atoms with Gasteiger partial charge in [-0.25, -0.2) is 4.98 Å². The summed E-state index contributed by atoms with van der Waals surface area (Å²) >= 11 is 1.49. The molecule has 0 bridgehead atoms. The minimum Gasteiger partial charge on any atom is -0.456 e. The van der Waals surface area contributed by atoms with Crippen molar-refractivity contribution in [1.29, 1.82) is 0 Å². The van der Waals surface area contributed by atoms with Crippen molar-refractivity contribution < 1.29 is 22.6 Å². The molecular weight excluding hydrogens is 439 g/mol. The van der Waals surface area contributed by atoms with Gasteiger partial charge in [0.2, 0.25) is 5.88 Å². The van der Waals surface area contributed by atoms with Gasteiger partial charge in [0.1, 0.15) is 6.26 Å². The van der Waals surface area contributed by atoms with Gasteiger partial charge in [-0.2, -0.15) is 13.2 Å². The Hall–Kier alpha value is -2.39. The van der Waals surface area contributed by atoms with E-state index in [1.807, 2.05) is 6.08 Å². The highest BCUT2D eigenvalue weighted by molar-refractivity contribution is 7.99. The van der Waals surface area contributed by atoms with E-state index in [-0.39, 0.29) is 0 Å². The van der Waals surface area contributed by atoms with Crippen molar-refractivity contribution in [3.8, 4) is 0 Å². The number of alkyl halides is 3. The van der Waals surface area contributed by atoms with Crippen LogP contribution in [-0.4, -0.2) is 53.3 Å². The van der Waals surface area contributed by atoms with Crippen LogP contribution in [0.5, 0.6) is 0 Å². The molecule has 0 radical (unpaired) electrons. The maximum Gasteiger partial charge on any atom is 0.417 e. The number of pyridine rings is 1. The first kappa shape index (κ1) is 22.8. The third-order valence-electron chi connectivity index (χ3n) is 5.52. The normalized spacial score (nSPS) is 19.6. The van der Waals surface area contributed by atoms with E-state index in [1.165, 1.54) is 17.8 Å². The molecule has 0 N–H and O–H groups in total. The van der Waals surface area contributed by atoms with Crippen LogP contribution in [0.1, 0.15) is 24.8 Å². The molecule has 0 aromatic carbocycles. The highest BCUT2D eigenvalue weighted by Gasteiger charge is 2.30. The average molecular weight is 466 g/mol. The number of hydrogen-bond donors (Lipinski definition) is 0. The first-order valence-corrected chi connectivity index (χ1v) is 11.7. The average Bonchev–Trinajstić information content (AvgIpc) is 2.83. The molecular formula is C23H26F3N3O2S. The summed E-state index contributed by atoms with van der Waals surface area (Å²) in [6.07, 6.45) is 9.11. The summed E-state index contributed by atoms with van der Waals surface area (Å²) in [6.45, 7) is 4.52. The maximum absolute atomic E-state index is 12.6. The molecule has 9 heteroatoms. The number of aromatic nitrogens is 1. The van der Waals surface area contributed by atoms with Gasteiger partial charge < -0.3 is 14.4 Å². The van der Waals surface area contributed by atoms with E-state index in [1.54, 1.807) is 12.5 Å². The van der Waals surface area contributed by atoms with Gasteiger partial charge in [-0.15, -0.1) is 11.8 Å². The molecule has 0 unspecified atom stereocenters. The fraction of sp³-hybridized carbons (Fsp3) is 0.435. The first-order chi connectivity index (χ1) is 15.5. The molecule has 3 aliphatic rings. The molecule has 0 saturated carbocycles. The van der Waals surface area contributed by atoms with Gasteiger partial charge in [0.05, 0.1) is 10.6 Å². The van der Waals surface area contributed by atoms with Crippen LogP contribution < -0.4 is 0 Å². The molecule has 1 fully saturated rings. The summed E-state index contributed by atoms with van der Waals surface area (Å²) in [5, 5.41) is 0.622. The van der Waals surface area contributed by atoms with Crippen LogP contribution in [0.2, 0.25) is 0 Å². The van der Waals surface area contributed by atoms with E-state index in [2.05, 4.69) is 26.9 Å². The summed E-state index contributed by atoms with van der Waals surface area (Å²) in [6, 6.07) is 2.52. The van der Waals surface area contributed by atoms with E-state index in [0.29, 0.717) is 5.03 Å². The van der Waals surface area contributed by atoms with Crippen molar-refractivity contribution in [2.24, 2.45) is 0 Å². The smallest absolute Gasteiger partial charge is 0.417 e. The summed E-state index contributed by atoms with van der Waals surface area (Å²) in [5.41, 5.74) is 0.439. The van der Waals surface area contributed by atoms with Crippen LogP contribution in [0.15, 0.2) is 71.3 Å². The van der Waals surface area contributed by atoms with Crippen molar-refractivity contribution in [1.82, 2.24) is 14.8 Å². The van der Waals surface area contributed by atoms with Crippen molar-refractivity contribution in [3.63, 3.8) is 0 Å². The SMILES string of the molecule is FC(F)(F)c1ccc(SCCCN2CCN(C3=COC(C4=CC=CCC4)=CO3)CC2)nc1. The lowest BCUT2D eigenvalue weighted by Gasteiger charge is -2.36. The van der Waals surface area contributed by atoms with Gasteiger partial charge in [0.15, 0.2) is 12.0 Å². The molecule has 172 valence electrons. The van der Waals surface area contributed by atoms with Crippen molar-refractivity contribution in [3.05, 3.63) is 71.9 Å². The van der Waals surface area contributed by atoms with Crippen LogP contribution in [0.3, 0.4) is 0 Å². The van der Waals surface area contributed by atoms with E-state index < -0.39 is 11.7 Å². The number of ether oxygens (including phenoxy) is 2. The second-order valence-corrected chi connectivity index (χ2v) is 8.86. The fourth-order valence-electron chi connectivity index (χ4n) is 3.68. The lowest BCUT2D eigenvalue weighted by atomic mass is 10.0. The van der Waals surface area contributed by atoms with Gasteiger partial charge in [-0.3, -0.25) is 4.90 Å². The van der Waals surface area contributed by atoms with E-state index in [4.69, 9.17) is 9.47 Å². The number of nitrogens with zero attached hydrogens (tertiary/aromatic N) is 3. The Labute approximate surface area is 190 Å². The van der Waals surface area contributed by atoms with Gasteiger partial charge >= 0.3 is 6.18 Å². The Morgan fingerprint density at radius 1 is 1.06 bits per heavy atom. The van der Waals surface area contributed by atoms with Gasteiger partial charge in [0, 0.05) is 38.1 Å². The third-order valence-corrected chi connectivity index (χ3v) is 6.55. The first-order valence-electron chi connectivity index (χ1n) is 10.7. The summed E-state index contributed by atoms with van der Waals surface area (Å²) < 4.78 is 49.4. The molecule has 0 spiro atoms. The quantitative estimate of drug-likeness (QED) is 0.409. The molecule has 1 aromatic rings. The molecule has 2 aliphatic heterocycles. The van der Waals surface area contributed by atoms with Gasteiger partial charge in [-0.1, -0.05) is 18.2 Å². The minimum atomic E-state index is -4.34. The van der Waals surface area contributed by atoms with E-state index in [9.17, 15) is 13.2 Å². The van der Waals surface area contributed by atoms with Gasteiger partial charge in [-0.05, 0) is 43.5 Å². The Morgan fingerprint density at radius 2 is 1.91 bits per heavy atom. The Balaban J connectivity index is 1.13. The van der Waals surface area contributed by atoms with Crippen molar-refractivity contribution in [2.45, 2.75) is 30.5 Å². The lowest BCUT2D eigenvalue weighted by molar-refractivity contribution is -0.137. The van der Waals surface area contributed by atoms with Gasteiger partial charge in [0.25, 0.3) is 0 Å². The Kier molecular flexibility index (Phi) is 7.47. The topological polar surface area (TPSA) is 37.8 Å². The minimum absolute atomic E-state index is 0.622. The lowest BCUT2D eigenvalue weighted by Crippen LogP contribution is -2.46. The molecule has 1 aromatic heterocycles. The molecule has 0 atom stereocenters.